The monoisotopic (exact) mass is 353 g/mol. The molecule has 21 heavy (non-hydrogen) atoms. The molecule has 0 amide bonds. The number of nitrogens with one attached hydrogen (secondary N) is 1. The summed E-state index contributed by atoms with van der Waals surface area (Å²) in [7, 11) is 0. The third kappa shape index (κ3) is 3.03. The van der Waals surface area contributed by atoms with E-state index in [-0.39, 0.29) is 5.56 Å². The van der Waals surface area contributed by atoms with Crippen molar-refractivity contribution in [1.82, 2.24) is 9.78 Å². The molecule has 1 heterocycles. The van der Waals surface area contributed by atoms with Gasteiger partial charge in [0, 0.05) is 13.1 Å². The Morgan fingerprint density at radius 2 is 2.19 bits per heavy atom. The predicted octanol–water partition coefficient (Wildman–Crippen LogP) is 3.80. The Kier molecular flexibility index (Phi) is 4.38. The maximum atomic E-state index is 12.6. The number of rotatable bonds is 6. The fourth-order valence-corrected chi connectivity index (χ4v) is 3.69. The SMILES string of the molecule is CCC1(CNc2c(Br)cnn(CC3CCC3)c2=O)CCC1. The first-order valence-corrected chi connectivity index (χ1v) is 8.92. The molecule has 0 bridgehead atoms. The molecule has 0 aliphatic heterocycles. The average Bonchev–Trinajstić information content (AvgIpc) is 2.38. The van der Waals surface area contributed by atoms with E-state index in [1.165, 1.54) is 44.9 Å². The Hall–Kier alpha value is -0.840. The molecule has 5 heteroatoms. The second kappa shape index (κ2) is 6.11. The van der Waals surface area contributed by atoms with E-state index in [1.807, 2.05) is 0 Å². The molecule has 0 spiro atoms. The van der Waals surface area contributed by atoms with Crippen LogP contribution in [0.25, 0.3) is 0 Å². The predicted molar refractivity (Wildman–Crippen MR) is 88.6 cm³/mol. The van der Waals surface area contributed by atoms with E-state index in [0.717, 1.165) is 17.6 Å². The molecular weight excluding hydrogens is 330 g/mol. The van der Waals surface area contributed by atoms with Crippen molar-refractivity contribution in [2.24, 2.45) is 11.3 Å². The minimum absolute atomic E-state index is 0.0156. The molecule has 0 saturated heterocycles. The number of nitrogens with zero attached hydrogens (tertiary/aromatic N) is 2. The Bertz CT molecular complexity index is 556. The molecule has 1 aromatic rings. The van der Waals surface area contributed by atoms with Gasteiger partial charge in [-0.05, 0) is 59.4 Å². The molecular formula is C16H24BrN3O. The molecule has 2 aliphatic carbocycles. The van der Waals surface area contributed by atoms with Crippen molar-refractivity contribution in [3.8, 4) is 0 Å². The first-order chi connectivity index (χ1) is 10.1. The van der Waals surface area contributed by atoms with Crippen LogP contribution in [-0.4, -0.2) is 16.3 Å². The topological polar surface area (TPSA) is 46.9 Å². The summed E-state index contributed by atoms with van der Waals surface area (Å²) < 4.78 is 2.42. The summed E-state index contributed by atoms with van der Waals surface area (Å²) in [5.74, 6) is 0.637. The lowest BCUT2D eigenvalue weighted by molar-refractivity contribution is 0.145. The summed E-state index contributed by atoms with van der Waals surface area (Å²) >= 11 is 3.47. The molecule has 1 aromatic heterocycles. The van der Waals surface area contributed by atoms with Crippen LogP contribution in [0.1, 0.15) is 51.9 Å². The van der Waals surface area contributed by atoms with Crippen LogP contribution in [0.5, 0.6) is 0 Å². The van der Waals surface area contributed by atoms with E-state index in [9.17, 15) is 4.79 Å². The summed E-state index contributed by atoms with van der Waals surface area (Å²) in [5.41, 5.74) is 1.10. The Balaban J connectivity index is 1.73. The van der Waals surface area contributed by atoms with E-state index in [1.54, 1.807) is 10.9 Å². The third-order valence-electron chi connectivity index (χ3n) is 5.46. The van der Waals surface area contributed by atoms with Gasteiger partial charge in [-0.3, -0.25) is 4.79 Å². The molecule has 2 fully saturated rings. The highest BCUT2D eigenvalue weighted by Gasteiger charge is 2.35. The second-order valence-electron chi connectivity index (χ2n) is 6.71. The summed E-state index contributed by atoms with van der Waals surface area (Å²) in [6.45, 7) is 3.90. The molecule has 0 aromatic carbocycles. The van der Waals surface area contributed by atoms with Gasteiger partial charge in [0.1, 0.15) is 5.69 Å². The number of hydrogen-bond acceptors (Lipinski definition) is 3. The van der Waals surface area contributed by atoms with Gasteiger partial charge in [0.05, 0.1) is 10.7 Å². The molecule has 0 unspecified atom stereocenters. The van der Waals surface area contributed by atoms with E-state index in [2.05, 4.69) is 33.3 Å². The summed E-state index contributed by atoms with van der Waals surface area (Å²) in [6, 6.07) is 0. The van der Waals surface area contributed by atoms with Crippen LogP contribution in [0.3, 0.4) is 0 Å². The smallest absolute Gasteiger partial charge is 0.291 e. The van der Waals surface area contributed by atoms with Gasteiger partial charge >= 0.3 is 0 Å². The van der Waals surface area contributed by atoms with Crippen molar-refractivity contribution in [1.29, 1.82) is 0 Å². The van der Waals surface area contributed by atoms with Gasteiger partial charge in [-0.15, -0.1) is 0 Å². The molecule has 0 radical (unpaired) electrons. The van der Waals surface area contributed by atoms with Crippen molar-refractivity contribution in [2.75, 3.05) is 11.9 Å². The molecule has 1 N–H and O–H groups in total. The summed E-state index contributed by atoms with van der Waals surface area (Å²) in [5, 5.41) is 7.68. The quantitative estimate of drug-likeness (QED) is 0.845. The maximum absolute atomic E-state index is 12.6. The van der Waals surface area contributed by atoms with Gasteiger partial charge in [-0.2, -0.15) is 5.10 Å². The molecule has 3 rings (SSSR count). The van der Waals surface area contributed by atoms with Crippen LogP contribution in [0.15, 0.2) is 15.5 Å². The van der Waals surface area contributed by atoms with E-state index < -0.39 is 0 Å². The standard InChI is InChI=1S/C16H24BrN3O/c1-2-16(7-4-8-16)11-18-14-13(17)9-19-20(15(14)21)10-12-5-3-6-12/h9,12,18H,2-8,10-11H2,1H3. The summed E-state index contributed by atoms with van der Waals surface area (Å²) in [6.07, 6.45) is 10.5. The van der Waals surface area contributed by atoms with Crippen molar-refractivity contribution in [2.45, 2.75) is 58.4 Å². The largest absolute Gasteiger partial charge is 0.379 e. The number of aromatic nitrogens is 2. The number of anilines is 1. The number of hydrogen-bond donors (Lipinski definition) is 1. The van der Waals surface area contributed by atoms with Gasteiger partial charge in [0.2, 0.25) is 0 Å². The average molecular weight is 354 g/mol. The van der Waals surface area contributed by atoms with Crippen LogP contribution in [0, 0.1) is 11.3 Å². The number of halogens is 1. The first kappa shape index (κ1) is 15.1. The third-order valence-corrected chi connectivity index (χ3v) is 6.06. The van der Waals surface area contributed by atoms with Gasteiger partial charge in [0.15, 0.2) is 0 Å². The highest BCUT2D eigenvalue weighted by atomic mass is 79.9. The first-order valence-electron chi connectivity index (χ1n) is 8.13. The Labute approximate surface area is 134 Å². The van der Waals surface area contributed by atoms with Crippen LogP contribution >= 0.6 is 15.9 Å². The van der Waals surface area contributed by atoms with Crippen LogP contribution < -0.4 is 10.9 Å². The lowest BCUT2D eigenvalue weighted by Crippen LogP contribution is -2.38. The van der Waals surface area contributed by atoms with E-state index in [0.29, 0.717) is 17.0 Å². The highest BCUT2D eigenvalue weighted by molar-refractivity contribution is 9.10. The van der Waals surface area contributed by atoms with Gasteiger partial charge in [-0.25, -0.2) is 4.68 Å². The zero-order valence-corrected chi connectivity index (χ0v) is 14.3. The fraction of sp³-hybridized carbons (Fsp3) is 0.750. The van der Waals surface area contributed by atoms with E-state index in [4.69, 9.17) is 0 Å². The zero-order valence-electron chi connectivity index (χ0n) is 12.7. The maximum Gasteiger partial charge on any atom is 0.291 e. The van der Waals surface area contributed by atoms with E-state index >= 15 is 0 Å². The Morgan fingerprint density at radius 3 is 2.71 bits per heavy atom. The zero-order chi connectivity index (χ0) is 14.9. The summed E-state index contributed by atoms with van der Waals surface area (Å²) in [4.78, 5) is 12.6. The van der Waals surface area contributed by atoms with Gasteiger partial charge in [-0.1, -0.05) is 19.8 Å². The minimum atomic E-state index is 0.0156. The fourth-order valence-electron chi connectivity index (χ4n) is 3.29. The van der Waals surface area contributed by atoms with Crippen LogP contribution in [0.2, 0.25) is 0 Å². The van der Waals surface area contributed by atoms with Gasteiger partial charge in [0.25, 0.3) is 5.56 Å². The normalized spacial score (nSPS) is 20.7. The lowest BCUT2D eigenvalue weighted by atomic mass is 9.67. The minimum Gasteiger partial charge on any atom is -0.379 e. The van der Waals surface area contributed by atoms with Crippen molar-refractivity contribution in [3.05, 3.63) is 21.0 Å². The molecule has 116 valence electrons. The van der Waals surface area contributed by atoms with Crippen LogP contribution in [-0.2, 0) is 6.54 Å². The highest BCUT2D eigenvalue weighted by Crippen LogP contribution is 2.43. The van der Waals surface area contributed by atoms with Crippen molar-refractivity contribution in [3.63, 3.8) is 0 Å². The molecule has 2 saturated carbocycles. The molecule has 0 atom stereocenters. The van der Waals surface area contributed by atoms with Gasteiger partial charge < -0.3 is 5.32 Å². The Morgan fingerprint density at radius 1 is 1.43 bits per heavy atom. The molecule has 2 aliphatic rings. The van der Waals surface area contributed by atoms with Crippen molar-refractivity contribution < 1.29 is 0 Å². The van der Waals surface area contributed by atoms with Crippen LogP contribution in [0.4, 0.5) is 5.69 Å². The van der Waals surface area contributed by atoms with Crippen molar-refractivity contribution >= 4 is 21.6 Å². The molecule has 4 nitrogen and oxygen atoms in total. The second-order valence-corrected chi connectivity index (χ2v) is 7.57. The lowest BCUT2D eigenvalue weighted by Gasteiger charge is -2.41.